The van der Waals surface area contributed by atoms with Gasteiger partial charge in [0.25, 0.3) is 11.5 Å². The lowest BCUT2D eigenvalue weighted by atomic mass is 10.1. The van der Waals surface area contributed by atoms with Gasteiger partial charge in [-0.25, -0.2) is 5.10 Å². The molecule has 0 bridgehead atoms. The highest BCUT2D eigenvalue weighted by atomic mass is 16.3. The van der Waals surface area contributed by atoms with E-state index in [2.05, 4.69) is 15.5 Å². The molecule has 0 spiro atoms. The maximum Gasteiger partial charge on any atom is 0.272 e. The molecule has 1 aromatic heterocycles. The Kier molecular flexibility index (Phi) is 4.14. The molecule has 1 aromatic carbocycles. The predicted octanol–water partition coefficient (Wildman–Crippen LogP) is 0.670. The zero-order chi connectivity index (χ0) is 14.7. The molecular weight excluding hydrogens is 258 g/mol. The van der Waals surface area contributed by atoms with E-state index in [4.69, 9.17) is 0 Å². The summed E-state index contributed by atoms with van der Waals surface area (Å²) in [6.07, 6.45) is -0.618. The average Bonchev–Trinajstić information content (AvgIpc) is 2.45. The third-order valence-electron chi connectivity index (χ3n) is 3.15. The van der Waals surface area contributed by atoms with Gasteiger partial charge in [0.1, 0.15) is 0 Å². The van der Waals surface area contributed by atoms with Gasteiger partial charge < -0.3 is 10.4 Å². The Bertz CT molecular complexity index is 679. The molecule has 2 rings (SSSR count). The minimum Gasteiger partial charge on any atom is -0.391 e. The number of nitrogens with one attached hydrogen (secondary N) is 2. The van der Waals surface area contributed by atoms with E-state index in [1.807, 2.05) is 13.8 Å². The van der Waals surface area contributed by atoms with E-state index in [0.717, 1.165) is 0 Å². The van der Waals surface area contributed by atoms with Crippen molar-refractivity contribution < 1.29 is 9.90 Å². The molecule has 2 aromatic rings. The van der Waals surface area contributed by atoms with Crippen molar-refractivity contribution in [1.82, 2.24) is 15.5 Å². The summed E-state index contributed by atoms with van der Waals surface area (Å²) in [5, 5.41) is 19.3. The fraction of sp³-hybridized carbons (Fsp3) is 0.357. The number of benzene rings is 1. The van der Waals surface area contributed by atoms with Crippen LogP contribution in [0.3, 0.4) is 0 Å². The van der Waals surface area contributed by atoms with Gasteiger partial charge in [-0.15, -0.1) is 0 Å². The van der Waals surface area contributed by atoms with Crippen LogP contribution in [0.1, 0.15) is 24.3 Å². The summed E-state index contributed by atoms with van der Waals surface area (Å²) in [4.78, 5) is 23.7. The molecule has 1 unspecified atom stereocenters. The number of hydrogen-bond acceptors (Lipinski definition) is 4. The first-order chi connectivity index (χ1) is 9.50. The quantitative estimate of drug-likeness (QED) is 0.764. The maximum atomic E-state index is 12.1. The van der Waals surface area contributed by atoms with Crippen molar-refractivity contribution in [2.24, 2.45) is 5.92 Å². The van der Waals surface area contributed by atoms with E-state index in [1.165, 1.54) is 0 Å². The highest BCUT2D eigenvalue weighted by Gasteiger charge is 2.16. The summed E-state index contributed by atoms with van der Waals surface area (Å²) in [6.45, 7) is 3.88. The monoisotopic (exact) mass is 275 g/mol. The molecule has 0 aliphatic rings. The van der Waals surface area contributed by atoms with Crippen LogP contribution < -0.4 is 10.9 Å². The number of aromatic nitrogens is 2. The third kappa shape index (κ3) is 2.85. The lowest BCUT2D eigenvalue weighted by Gasteiger charge is -2.15. The molecule has 1 amide bonds. The van der Waals surface area contributed by atoms with E-state index in [0.29, 0.717) is 10.8 Å². The van der Waals surface area contributed by atoms with Gasteiger partial charge in [0.2, 0.25) is 0 Å². The molecule has 0 fully saturated rings. The lowest BCUT2D eigenvalue weighted by Crippen LogP contribution is -2.35. The topological polar surface area (TPSA) is 95.1 Å². The number of aliphatic hydroxyl groups excluding tert-OH is 1. The normalized spacial score (nSPS) is 12.6. The molecule has 6 heteroatoms. The number of fused-ring (bicyclic) bond motifs is 1. The van der Waals surface area contributed by atoms with Gasteiger partial charge in [-0.05, 0) is 12.0 Å². The van der Waals surface area contributed by atoms with Gasteiger partial charge >= 0.3 is 0 Å². The highest BCUT2D eigenvalue weighted by molar-refractivity contribution is 6.04. The Morgan fingerprint density at radius 3 is 2.65 bits per heavy atom. The molecule has 0 saturated heterocycles. The molecule has 0 aliphatic heterocycles. The number of rotatable bonds is 4. The molecule has 3 N–H and O–H groups in total. The SMILES string of the molecule is CC(C)C(O)CNC(=O)c1n[nH]c(=O)c2ccccc12. The fourth-order valence-corrected chi connectivity index (χ4v) is 1.80. The Morgan fingerprint density at radius 2 is 2.00 bits per heavy atom. The second kappa shape index (κ2) is 5.83. The number of nitrogens with zero attached hydrogens (tertiary/aromatic N) is 1. The lowest BCUT2D eigenvalue weighted by molar-refractivity contribution is 0.0868. The zero-order valence-electron chi connectivity index (χ0n) is 11.4. The van der Waals surface area contributed by atoms with Crippen LogP contribution in [0.15, 0.2) is 29.1 Å². The van der Waals surface area contributed by atoms with Gasteiger partial charge in [0.15, 0.2) is 5.69 Å². The van der Waals surface area contributed by atoms with Gasteiger partial charge in [0.05, 0.1) is 11.5 Å². The largest absolute Gasteiger partial charge is 0.391 e. The first kappa shape index (κ1) is 14.2. The van der Waals surface area contributed by atoms with Gasteiger partial charge in [0, 0.05) is 11.9 Å². The van der Waals surface area contributed by atoms with Crippen LogP contribution in [0, 0.1) is 5.92 Å². The smallest absolute Gasteiger partial charge is 0.272 e. The second-order valence-electron chi connectivity index (χ2n) is 4.97. The van der Waals surface area contributed by atoms with Gasteiger partial charge in [-0.3, -0.25) is 9.59 Å². The number of aromatic amines is 1. The van der Waals surface area contributed by atoms with Crippen LogP contribution in [0.5, 0.6) is 0 Å². The van der Waals surface area contributed by atoms with Crippen molar-refractivity contribution in [1.29, 1.82) is 0 Å². The Hall–Kier alpha value is -2.21. The summed E-state index contributed by atoms with van der Waals surface area (Å²) in [7, 11) is 0. The molecule has 0 radical (unpaired) electrons. The van der Waals surface area contributed by atoms with Crippen molar-refractivity contribution in [2.45, 2.75) is 20.0 Å². The number of hydrogen-bond donors (Lipinski definition) is 3. The van der Waals surface area contributed by atoms with Gasteiger partial charge in [-0.2, -0.15) is 5.10 Å². The minimum absolute atomic E-state index is 0.0515. The molecule has 6 nitrogen and oxygen atoms in total. The molecule has 0 saturated carbocycles. The number of carbonyl (C=O) groups is 1. The van der Waals surface area contributed by atoms with E-state index < -0.39 is 12.0 Å². The van der Waals surface area contributed by atoms with Crippen molar-refractivity contribution in [3.05, 3.63) is 40.3 Å². The van der Waals surface area contributed by atoms with Crippen LogP contribution >= 0.6 is 0 Å². The van der Waals surface area contributed by atoms with Crippen LogP contribution in [-0.4, -0.2) is 33.9 Å². The maximum absolute atomic E-state index is 12.1. The number of carbonyl (C=O) groups excluding carboxylic acids is 1. The second-order valence-corrected chi connectivity index (χ2v) is 4.97. The number of aliphatic hydroxyl groups is 1. The van der Waals surface area contributed by atoms with Crippen LogP contribution in [0.2, 0.25) is 0 Å². The van der Waals surface area contributed by atoms with E-state index in [1.54, 1.807) is 24.3 Å². The molecule has 20 heavy (non-hydrogen) atoms. The van der Waals surface area contributed by atoms with E-state index in [9.17, 15) is 14.7 Å². The van der Waals surface area contributed by atoms with E-state index >= 15 is 0 Å². The highest BCUT2D eigenvalue weighted by Crippen LogP contribution is 2.12. The van der Waals surface area contributed by atoms with Crippen molar-refractivity contribution in [3.63, 3.8) is 0 Å². The van der Waals surface area contributed by atoms with Gasteiger partial charge in [-0.1, -0.05) is 32.0 Å². The van der Waals surface area contributed by atoms with Crippen molar-refractivity contribution in [2.75, 3.05) is 6.54 Å². The van der Waals surface area contributed by atoms with Crippen LogP contribution in [0.25, 0.3) is 10.8 Å². The van der Waals surface area contributed by atoms with Crippen molar-refractivity contribution in [3.8, 4) is 0 Å². The summed E-state index contributed by atoms with van der Waals surface area (Å²) >= 11 is 0. The summed E-state index contributed by atoms with van der Waals surface area (Å²) in [5.74, 6) is -0.368. The summed E-state index contributed by atoms with van der Waals surface area (Å²) in [6, 6.07) is 6.77. The zero-order valence-corrected chi connectivity index (χ0v) is 11.4. The molecule has 106 valence electrons. The first-order valence-corrected chi connectivity index (χ1v) is 6.44. The summed E-state index contributed by atoms with van der Waals surface area (Å²) in [5.41, 5.74) is -0.185. The molecule has 1 heterocycles. The van der Waals surface area contributed by atoms with Crippen LogP contribution in [-0.2, 0) is 0 Å². The van der Waals surface area contributed by atoms with E-state index in [-0.39, 0.29) is 23.7 Å². The van der Waals surface area contributed by atoms with Crippen LogP contribution in [0.4, 0.5) is 0 Å². The fourth-order valence-electron chi connectivity index (χ4n) is 1.80. The standard InChI is InChI=1S/C14H17N3O3/c1-8(2)11(18)7-15-14(20)12-9-5-3-4-6-10(9)13(19)17-16-12/h3-6,8,11,18H,7H2,1-2H3,(H,15,20)(H,17,19). The minimum atomic E-state index is -0.618. The summed E-state index contributed by atoms with van der Waals surface area (Å²) < 4.78 is 0. The third-order valence-corrected chi connectivity index (χ3v) is 3.15. The molecule has 0 aliphatic carbocycles. The Balaban J connectivity index is 2.27. The predicted molar refractivity (Wildman–Crippen MR) is 75.5 cm³/mol. The first-order valence-electron chi connectivity index (χ1n) is 6.44. The Labute approximate surface area is 115 Å². The number of H-pyrrole nitrogens is 1. The average molecular weight is 275 g/mol. The number of amides is 1. The molecule has 1 atom stereocenters. The van der Waals surface area contributed by atoms with Crippen molar-refractivity contribution >= 4 is 16.7 Å². The molecular formula is C14H17N3O3. The Morgan fingerprint density at radius 1 is 1.35 bits per heavy atom.